The van der Waals surface area contributed by atoms with Crippen LogP contribution in [0.15, 0.2) is 36.5 Å². The van der Waals surface area contributed by atoms with Crippen molar-refractivity contribution in [2.75, 3.05) is 6.61 Å². The minimum absolute atomic E-state index is 0.346. The maximum atomic E-state index is 12.5. The lowest BCUT2D eigenvalue weighted by Crippen LogP contribution is -2.53. The van der Waals surface area contributed by atoms with Crippen molar-refractivity contribution in [3.63, 3.8) is 0 Å². The first kappa shape index (κ1) is 56.5. The Morgan fingerprint density at radius 3 is 1.09 bits per heavy atom. The molecule has 0 aromatic heterocycles. The number of aliphatic hydroxyl groups is 4. The van der Waals surface area contributed by atoms with Crippen LogP contribution in [0.3, 0.4) is 0 Å². The molecule has 4 atom stereocenters. The van der Waals surface area contributed by atoms with Crippen LogP contribution in [0.25, 0.3) is 0 Å². The number of unbranched alkanes of at least 4 members (excludes halogenated alkanes) is 31. The first-order chi connectivity index (χ1) is 28.5. The number of carbonyl (C=O) groups excluding carboxylic acids is 1. The summed E-state index contributed by atoms with van der Waals surface area (Å²) in [6.45, 7) is 4.04. The van der Waals surface area contributed by atoms with Gasteiger partial charge >= 0.3 is 0 Å². The maximum absolute atomic E-state index is 12.5. The van der Waals surface area contributed by atoms with Crippen molar-refractivity contribution in [1.82, 2.24) is 5.32 Å². The Morgan fingerprint density at radius 1 is 0.414 bits per heavy atom. The molecule has 0 aromatic rings. The molecule has 0 heterocycles. The van der Waals surface area contributed by atoms with Gasteiger partial charge in [-0.15, -0.1) is 0 Å². The number of hydrogen-bond acceptors (Lipinski definition) is 5. The fourth-order valence-electron chi connectivity index (χ4n) is 7.77. The molecule has 0 aliphatic carbocycles. The number of carbonyl (C=O) groups is 1. The average Bonchev–Trinajstić information content (AvgIpc) is 3.23. The molecule has 0 rings (SSSR count). The van der Waals surface area contributed by atoms with Crippen molar-refractivity contribution in [2.45, 2.75) is 282 Å². The summed E-state index contributed by atoms with van der Waals surface area (Å²) in [6, 6.07) is -1.01. The Morgan fingerprint density at radius 2 is 0.724 bits per heavy atom. The lowest BCUT2D eigenvalue weighted by atomic mass is 10.00. The van der Waals surface area contributed by atoms with E-state index in [-0.39, 0.29) is 0 Å². The number of hydrogen-bond donors (Lipinski definition) is 5. The molecule has 1 amide bonds. The molecule has 0 bridgehead atoms. The molecule has 6 nitrogen and oxygen atoms in total. The van der Waals surface area contributed by atoms with Crippen LogP contribution in [0.1, 0.15) is 258 Å². The summed E-state index contributed by atoms with van der Waals surface area (Å²) < 4.78 is 0. The highest BCUT2D eigenvalue weighted by Crippen LogP contribution is 2.16. The first-order valence-electron chi connectivity index (χ1n) is 25.4. The standard InChI is InChI=1S/C52H99NO5/c1-3-5-7-9-11-13-15-17-19-20-21-22-23-24-25-26-27-28-29-30-32-33-35-37-39-41-43-45-49(55)51(57)48(47-54)53-52(58)50(56)46-44-42-40-38-36-34-31-18-16-14-12-10-8-6-4-2/h30-32,34,37,39,48-51,54-57H,3-29,33,35-36,38,40-47H2,1-2H3,(H,53,58)/b32-30+,34-31-,39-37+. The molecule has 0 saturated heterocycles. The Kier molecular flexibility index (Phi) is 45.4. The summed E-state index contributed by atoms with van der Waals surface area (Å²) in [7, 11) is 0. The summed E-state index contributed by atoms with van der Waals surface area (Å²) in [5.74, 6) is -0.606. The van der Waals surface area contributed by atoms with Gasteiger partial charge in [0.2, 0.25) is 5.91 Å². The molecule has 58 heavy (non-hydrogen) atoms. The second kappa shape index (κ2) is 46.6. The normalized spacial score (nSPS) is 14.2. The molecule has 0 radical (unpaired) electrons. The van der Waals surface area contributed by atoms with Gasteiger partial charge in [-0.05, 0) is 77.0 Å². The van der Waals surface area contributed by atoms with Crippen LogP contribution in [0.2, 0.25) is 0 Å². The summed E-state index contributed by atoms with van der Waals surface area (Å²) >= 11 is 0. The van der Waals surface area contributed by atoms with Gasteiger partial charge in [-0.25, -0.2) is 0 Å². The van der Waals surface area contributed by atoms with E-state index >= 15 is 0 Å². The minimum atomic E-state index is -1.29. The van der Waals surface area contributed by atoms with Gasteiger partial charge in [-0.2, -0.15) is 0 Å². The largest absolute Gasteiger partial charge is 0.394 e. The van der Waals surface area contributed by atoms with E-state index in [9.17, 15) is 25.2 Å². The van der Waals surface area contributed by atoms with Crippen LogP contribution < -0.4 is 5.32 Å². The predicted octanol–water partition coefficient (Wildman–Crippen LogP) is 14.1. The second-order valence-electron chi connectivity index (χ2n) is 17.5. The van der Waals surface area contributed by atoms with Crippen LogP contribution in [0.5, 0.6) is 0 Å². The van der Waals surface area contributed by atoms with Crippen molar-refractivity contribution in [3.8, 4) is 0 Å². The van der Waals surface area contributed by atoms with E-state index in [1.807, 2.05) is 0 Å². The summed E-state index contributed by atoms with van der Waals surface area (Å²) in [5.41, 5.74) is 0. The van der Waals surface area contributed by atoms with E-state index in [0.717, 1.165) is 51.4 Å². The third-order valence-corrected chi connectivity index (χ3v) is 11.8. The van der Waals surface area contributed by atoms with E-state index in [4.69, 9.17) is 0 Å². The van der Waals surface area contributed by atoms with E-state index in [2.05, 4.69) is 55.6 Å². The highest BCUT2D eigenvalue weighted by atomic mass is 16.3. The van der Waals surface area contributed by atoms with E-state index in [1.54, 1.807) is 0 Å². The van der Waals surface area contributed by atoms with Crippen LogP contribution in [0.4, 0.5) is 0 Å². The second-order valence-corrected chi connectivity index (χ2v) is 17.5. The fourth-order valence-corrected chi connectivity index (χ4v) is 7.77. The highest BCUT2D eigenvalue weighted by molar-refractivity contribution is 5.80. The molecule has 0 aromatic carbocycles. The summed E-state index contributed by atoms with van der Waals surface area (Å²) in [5, 5.41) is 43.7. The molecule has 0 spiro atoms. The number of aliphatic hydroxyl groups excluding tert-OH is 4. The average molecular weight is 818 g/mol. The Bertz CT molecular complexity index is 919. The molecule has 0 aliphatic rings. The molecule has 0 aliphatic heterocycles. The zero-order valence-corrected chi connectivity index (χ0v) is 38.5. The van der Waals surface area contributed by atoms with Gasteiger partial charge in [0.25, 0.3) is 0 Å². The van der Waals surface area contributed by atoms with Gasteiger partial charge in [0, 0.05) is 0 Å². The monoisotopic (exact) mass is 818 g/mol. The fraction of sp³-hybridized carbons (Fsp3) is 0.865. The zero-order valence-electron chi connectivity index (χ0n) is 38.5. The van der Waals surface area contributed by atoms with Crippen LogP contribution in [-0.2, 0) is 4.79 Å². The van der Waals surface area contributed by atoms with Gasteiger partial charge in [-0.3, -0.25) is 4.79 Å². The van der Waals surface area contributed by atoms with Gasteiger partial charge in [0.1, 0.15) is 12.2 Å². The Labute approximate surface area is 360 Å². The maximum Gasteiger partial charge on any atom is 0.249 e. The lowest BCUT2D eigenvalue weighted by Gasteiger charge is -2.27. The summed E-state index contributed by atoms with van der Waals surface area (Å²) in [6.07, 6.45) is 56.3. The van der Waals surface area contributed by atoms with Gasteiger partial charge in [0.15, 0.2) is 0 Å². The van der Waals surface area contributed by atoms with Crippen molar-refractivity contribution < 1.29 is 25.2 Å². The molecular formula is C52H99NO5. The van der Waals surface area contributed by atoms with E-state index < -0.39 is 36.9 Å². The molecule has 5 N–H and O–H groups in total. The first-order valence-corrected chi connectivity index (χ1v) is 25.4. The molecule has 6 heteroatoms. The quantitative estimate of drug-likeness (QED) is 0.0310. The van der Waals surface area contributed by atoms with Crippen molar-refractivity contribution in [2.24, 2.45) is 0 Å². The Hall–Kier alpha value is -1.47. The predicted molar refractivity (Wildman–Crippen MR) is 251 cm³/mol. The number of amides is 1. The van der Waals surface area contributed by atoms with Crippen LogP contribution >= 0.6 is 0 Å². The lowest BCUT2D eigenvalue weighted by molar-refractivity contribution is -0.132. The molecular weight excluding hydrogens is 719 g/mol. The molecule has 0 saturated carbocycles. The van der Waals surface area contributed by atoms with Gasteiger partial charge in [-0.1, -0.05) is 217 Å². The van der Waals surface area contributed by atoms with Crippen molar-refractivity contribution in [1.29, 1.82) is 0 Å². The number of rotatable bonds is 46. The van der Waals surface area contributed by atoms with Crippen molar-refractivity contribution >= 4 is 5.91 Å². The van der Waals surface area contributed by atoms with Gasteiger partial charge < -0.3 is 25.7 Å². The number of nitrogens with one attached hydrogen (secondary N) is 1. The zero-order chi connectivity index (χ0) is 42.4. The Balaban J connectivity index is 3.72. The summed E-state index contributed by atoms with van der Waals surface area (Å²) in [4.78, 5) is 12.5. The SMILES string of the molecule is CCCCCCCCC/C=C\CCCCCCC(O)C(=O)NC(CO)C(O)C(O)CCC/C=C/CC/C=C/CCCCCCCCCCCCCCCCCCCC. The molecule has 0 fully saturated rings. The third-order valence-electron chi connectivity index (χ3n) is 11.8. The van der Waals surface area contributed by atoms with E-state index in [1.165, 1.54) is 173 Å². The smallest absolute Gasteiger partial charge is 0.249 e. The third kappa shape index (κ3) is 40.0. The molecule has 342 valence electrons. The molecule has 4 unspecified atom stereocenters. The van der Waals surface area contributed by atoms with Crippen LogP contribution in [-0.4, -0.2) is 57.3 Å². The number of allylic oxidation sites excluding steroid dienone is 6. The minimum Gasteiger partial charge on any atom is -0.394 e. The topological polar surface area (TPSA) is 110 Å². The van der Waals surface area contributed by atoms with Crippen LogP contribution in [0, 0.1) is 0 Å². The van der Waals surface area contributed by atoms with Gasteiger partial charge in [0.05, 0.1) is 18.8 Å². The van der Waals surface area contributed by atoms with E-state index in [0.29, 0.717) is 19.3 Å². The highest BCUT2D eigenvalue weighted by Gasteiger charge is 2.28. The van der Waals surface area contributed by atoms with Crippen molar-refractivity contribution in [3.05, 3.63) is 36.5 Å².